The smallest absolute Gasteiger partial charge is 0.106 e. The molecule has 1 aromatic heterocycles. The fraction of sp³-hybridized carbons (Fsp3) is 0.562. The van der Waals surface area contributed by atoms with E-state index in [1.165, 1.54) is 30.5 Å². The molecule has 2 heterocycles. The number of aryl methyl sites for hydroxylation is 1. The van der Waals surface area contributed by atoms with Gasteiger partial charge in [-0.25, -0.2) is 4.98 Å². The molecule has 19 heavy (non-hydrogen) atoms. The highest BCUT2D eigenvalue weighted by molar-refractivity contribution is 5.77. The molecule has 0 saturated carbocycles. The maximum absolute atomic E-state index is 4.71. The summed E-state index contributed by atoms with van der Waals surface area (Å²) in [5.74, 6) is 1.11. The predicted molar refractivity (Wildman–Crippen MR) is 79.6 cm³/mol. The number of fused-ring (bicyclic) bond motifs is 1. The Hall–Kier alpha value is -1.35. The first-order chi connectivity index (χ1) is 9.15. The Labute approximate surface area is 115 Å². The highest BCUT2D eigenvalue weighted by atomic mass is 15.1. The first kappa shape index (κ1) is 12.7. The van der Waals surface area contributed by atoms with Crippen LogP contribution in [0.3, 0.4) is 0 Å². The third kappa shape index (κ3) is 2.39. The quantitative estimate of drug-likeness (QED) is 0.915. The molecule has 1 aromatic carbocycles. The lowest BCUT2D eigenvalue weighted by atomic mass is 10.0. The summed E-state index contributed by atoms with van der Waals surface area (Å²) >= 11 is 0. The summed E-state index contributed by atoms with van der Waals surface area (Å²) in [7, 11) is 0. The highest BCUT2D eigenvalue weighted by Crippen LogP contribution is 2.23. The Bertz CT molecular complexity index is 577. The predicted octanol–water partition coefficient (Wildman–Crippen LogP) is 3.22. The van der Waals surface area contributed by atoms with Crippen LogP contribution in [-0.2, 0) is 6.42 Å². The molecule has 0 amide bonds. The summed E-state index contributed by atoms with van der Waals surface area (Å²) in [4.78, 5) is 4.71. The van der Waals surface area contributed by atoms with Crippen molar-refractivity contribution in [3.05, 3.63) is 29.6 Å². The Morgan fingerprint density at radius 1 is 1.42 bits per heavy atom. The van der Waals surface area contributed by atoms with Gasteiger partial charge in [-0.15, -0.1) is 0 Å². The van der Waals surface area contributed by atoms with Crippen LogP contribution in [0.15, 0.2) is 18.2 Å². The first-order valence-corrected chi connectivity index (χ1v) is 7.36. The average Bonchev–Trinajstić information content (AvgIpc) is 2.94. The van der Waals surface area contributed by atoms with Crippen LogP contribution < -0.4 is 5.32 Å². The normalized spacial score (nSPS) is 19.7. The Morgan fingerprint density at radius 2 is 2.26 bits per heavy atom. The van der Waals surface area contributed by atoms with Crippen LogP contribution in [0.25, 0.3) is 11.0 Å². The molecule has 3 rings (SSSR count). The second-order valence-corrected chi connectivity index (χ2v) is 5.94. The topological polar surface area (TPSA) is 29.9 Å². The van der Waals surface area contributed by atoms with Crippen molar-refractivity contribution in [3.8, 4) is 0 Å². The van der Waals surface area contributed by atoms with Crippen molar-refractivity contribution in [2.24, 2.45) is 0 Å². The lowest BCUT2D eigenvalue weighted by molar-refractivity contribution is 0.599. The molecule has 3 heteroatoms. The minimum atomic E-state index is 0.465. The fourth-order valence-electron chi connectivity index (χ4n) is 3.26. The standard InChI is InChI=1S/C16H23N3/c1-11(2)19-12(3)18-15-10-13(6-7-16(15)19)9-14-5-4-8-17-14/h6-7,10-11,14,17H,4-5,8-9H2,1-3H3. The van der Waals surface area contributed by atoms with Crippen molar-refractivity contribution in [3.63, 3.8) is 0 Å². The number of benzene rings is 1. The van der Waals surface area contributed by atoms with E-state index >= 15 is 0 Å². The molecule has 1 aliphatic heterocycles. The van der Waals surface area contributed by atoms with Crippen LogP contribution in [0, 0.1) is 6.92 Å². The molecule has 3 nitrogen and oxygen atoms in total. The molecule has 2 aromatic rings. The van der Waals surface area contributed by atoms with Gasteiger partial charge in [-0.1, -0.05) is 6.07 Å². The number of nitrogens with zero attached hydrogens (tertiary/aromatic N) is 2. The van der Waals surface area contributed by atoms with Gasteiger partial charge in [-0.3, -0.25) is 0 Å². The molecule has 1 fully saturated rings. The largest absolute Gasteiger partial charge is 0.326 e. The third-order valence-electron chi connectivity index (χ3n) is 4.09. The van der Waals surface area contributed by atoms with Gasteiger partial charge >= 0.3 is 0 Å². The Kier molecular flexibility index (Phi) is 3.31. The lowest BCUT2D eigenvalue weighted by Gasteiger charge is -2.12. The minimum Gasteiger partial charge on any atom is -0.326 e. The molecule has 1 unspecified atom stereocenters. The van der Waals surface area contributed by atoms with E-state index in [4.69, 9.17) is 4.98 Å². The number of hydrogen-bond acceptors (Lipinski definition) is 2. The molecule has 0 aliphatic carbocycles. The molecular weight excluding hydrogens is 234 g/mol. The van der Waals surface area contributed by atoms with Gasteiger partial charge in [-0.2, -0.15) is 0 Å². The van der Waals surface area contributed by atoms with Gasteiger partial charge in [0.2, 0.25) is 0 Å². The van der Waals surface area contributed by atoms with Crippen LogP contribution in [0.5, 0.6) is 0 Å². The van der Waals surface area contributed by atoms with E-state index in [0.29, 0.717) is 12.1 Å². The number of rotatable bonds is 3. The Morgan fingerprint density at radius 3 is 2.95 bits per heavy atom. The van der Waals surface area contributed by atoms with Crippen molar-refractivity contribution >= 4 is 11.0 Å². The molecule has 0 radical (unpaired) electrons. The molecule has 0 bridgehead atoms. The molecule has 1 aliphatic rings. The van der Waals surface area contributed by atoms with Crippen molar-refractivity contribution in [2.45, 2.75) is 52.1 Å². The second-order valence-electron chi connectivity index (χ2n) is 5.94. The van der Waals surface area contributed by atoms with Gasteiger partial charge in [-0.05, 0) is 64.3 Å². The zero-order valence-corrected chi connectivity index (χ0v) is 12.1. The third-order valence-corrected chi connectivity index (χ3v) is 4.09. The second kappa shape index (κ2) is 4.97. The van der Waals surface area contributed by atoms with E-state index in [2.05, 4.69) is 48.9 Å². The van der Waals surface area contributed by atoms with Gasteiger partial charge in [0, 0.05) is 12.1 Å². The summed E-state index contributed by atoms with van der Waals surface area (Å²) in [6.45, 7) is 7.70. The van der Waals surface area contributed by atoms with Gasteiger partial charge in [0.1, 0.15) is 5.82 Å². The zero-order valence-electron chi connectivity index (χ0n) is 12.1. The van der Waals surface area contributed by atoms with E-state index in [0.717, 1.165) is 17.8 Å². The summed E-state index contributed by atoms with van der Waals surface area (Å²) in [6, 6.07) is 7.89. The molecular formula is C16H23N3. The first-order valence-electron chi connectivity index (χ1n) is 7.36. The minimum absolute atomic E-state index is 0.465. The maximum Gasteiger partial charge on any atom is 0.106 e. The SMILES string of the molecule is Cc1nc2cc(CC3CCCN3)ccc2n1C(C)C. The van der Waals surface area contributed by atoms with Crippen LogP contribution >= 0.6 is 0 Å². The van der Waals surface area contributed by atoms with E-state index < -0.39 is 0 Å². The van der Waals surface area contributed by atoms with Crippen LogP contribution in [0.2, 0.25) is 0 Å². The number of imidazole rings is 1. The van der Waals surface area contributed by atoms with Crippen LogP contribution in [-0.4, -0.2) is 22.1 Å². The fourth-order valence-corrected chi connectivity index (χ4v) is 3.26. The summed E-state index contributed by atoms with van der Waals surface area (Å²) in [5.41, 5.74) is 3.80. The van der Waals surface area contributed by atoms with E-state index in [1.54, 1.807) is 0 Å². The van der Waals surface area contributed by atoms with Crippen molar-refractivity contribution in [1.29, 1.82) is 0 Å². The van der Waals surface area contributed by atoms with Crippen LogP contribution in [0.1, 0.15) is 44.1 Å². The van der Waals surface area contributed by atoms with Crippen LogP contribution in [0.4, 0.5) is 0 Å². The molecule has 1 saturated heterocycles. The van der Waals surface area contributed by atoms with E-state index in [9.17, 15) is 0 Å². The van der Waals surface area contributed by atoms with Gasteiger partial charge in [0.25, 0.3) is 0 Å². The zero-order chi connectivity index (χ0) is 13.4. The van der Waals surface area contributed by atoms with Crippen molar-refractivity contribution in [1.82, 2.24) is 14.9 Å². The number of aromatic nitrogens is 2. The van der Waals surface area contributed by atoms with Gasteiger partial charge < -0.3 is 9.88 Å². The van der Waals surface area contributed by atoms with E-state index in [-0.39, 0.29) is 0 Å². The number of hydrogen-bond donors (Lipinski definition) is 1. The maximum atomic E-state index is 4.71. The molecule has 0 spiro atoms. The van der Waals surface area contributed by atoms with Crippen molar-refractivity contribution < 1.29 is 0 Å². The van der Waals surface area contributed by atoms with Gasteiger partial charge in [0.15, 0.2) is 0 Å². The lowest BCUT2D eigenvalue weighted by Crippen LogP contribution is -2.23. The number of nitrogens with one attached hydrogen (secondary N) is 1. The highest BCUT2D eigenvalue weighted by Gasteiger charge is 2.16. The monoisotopic (exact) mass is 257 g/mol. The van der Waals surface area contributed by atoms with Crippen molar-refractivity contribution in [2.75, 3.05) is 6.54 Å². The Balaban J connectivity index is 1.93. The summed E-state index contributed by atoms with van der Waals surface area (Å²) < 4.78 is 2.31. The van der Waals surface area contributed by atoms with Gasteiger partial charge in [0.05, 0.1) is 11.0 Å². The average molecular weight is 257 g/mol. The summed E-state index contributed by atoms with van der Waals surface area (Å²) in [6.07, 6.45) is 3.75. The van der Waals surface area contributed by atoms with E-state index in [1.807, 2.05) is 0 Å². The molecule has 102 valence electrons. The molecule has 1 N–H and O–H groups in total. The summed E-state index contributed by atoms with van der Waals surface area (Å²) in [5, 5.41) is 3.56. The molecule has 1 atom stereocenters.